The van der Waals surface area contributed by atoms with Gasteiger partial charge in [-0.3, -0.25) is 9.63 Å². The Morgan fingerprint density at radius 3 is 2.33 bits per heavy atom. The Morgan fingerprint density at radius 2 is 1.74 bits per heavy atom. The van der Waals surface area contributed by atoms with Gasteiger partial charge in [-0.1, -0.05) is 10.5 Å². The molecule has 0 saturated carbocycles. The average molecular weight is 392 g/mol. The fraction of sp³-hybridized carbons (Fsp3) is 0.222. The number of nitrogens with one attached hydrogen (secondary N) is 1. The first-order chi connectivity index (χ1) is 12.8. The molecule has 0 bridgehead atoms. The number of carbonyl (C=O) groups excluding carboxylic acids is 2. The molecule has 8 nitrogen and oxygen atoms in total. The minimum Gasteiger partial charge on any atom is -0.462 e. The van der Waals surface area contributed by atoms with Crippen molar-refractivity contribution in [2.24, 2.45) is 0 Å². The van der Waals surface area contributed by atoms with Crippen LogP contribution in [-0.2, 0) is 19.6 Å². The first kappa shape index (κ1) is 20.6. The summed E-state index contributed by atoms with van der Waals surface area (Å²) in [6.07, 6.45) is 0. The molecule has 0 unspecified atom stereocenters. The standard InChI is InChI=1S/C18H20N2O6S/c1-4-26-18(22)13-8-10-15(11-9-13)19-17(21)14-6-5-7-16(12-14)27(23,24)20(2)25-3/h5-12H,4H2,1-3H3,(H,19,21). The third kappa shape index (κ3) is 4.91. The lowest BCUT2D eigenvalue weighted by Gasteiger charge is -2.14. The molecule has 0 aliphatic rings. The summed E-state index contributed by atoms with van der Waals surface area (Å²) in [5.41, 5.74) is 0.982. The molecule has 27 heavy (non-hydrogen) atoms. The lowest BCUT2D eigenvalue weighted by Crippen LogP contribution is -2.26. The molecule has 0 atom stereocenters. The van der Waals surface area contributed by atoms with Gasteiger partial charge in [0, 0.05) is 18.3 Å². The van der Waals surface area contributed by atoms with Crippen molar-refractivity contribution in [3.8, 4) is 0 Å². The van der Waals surface area contributed by atoms with E-state index in [0.29, 0.717) is 15.7 Å². The highest BCUT2D eigenvalue weighted by molar-refractivity contribution is 7.89. The summed E-state index contributed by atoms with van der Waals surface area (Å²) in [5.74, 6) is -0.938. The van der Waals surface area contributed by atoms with Crippen molar-refractivity contribution in [2.75, 3.05) is 26.1 Å². The molecule has 0 radical (unpaired) electrons. The molecule has 0 heterocycles. The molecule has 0 saturated heterocycles. The van der Waals surface area contributed by atoms with E-state index in [9.17, 15) is 18.0 Å². The number of benzene rings is 2. The van der Waals surface area contributed by atoms with Crippen LogP contribution in [0.3, 0.4) is 0 Å². The molecule has 2 aromatic carbocycles. The summed E-state index contributed by atoms with van der Waals surface area (Å²) in [5, 5.41) is 2.65. The van der Waals surface area contributed by atoms with Crippen molar-refractivity contribution in [2.45, 2.75) is 11.8 Å². The molecule has 0 aliphatic carbocycles. The number of hydrogen-bond donors (Lipinski definition) is 1. The van der Waals surface area contributed by atoms with Gasteiger partial charge in [-0.05, 0) is 49.4 Å². The summed E-state index contributed by atoms with van der Waals surface area (Å²) in [7, 11) is -1.37. The van der Waals surface area contributed by atoms with Crippen LogP contribution in [0.1, 0.15) is 27.6 Å². The lowest BCUT2D eigenvalue weighted by molar-refractivity contribution is -0.0258. The fourth-order valence-corrected chi connectivity index (χ4v) is 3.17. The number of nitrogens with zero attached hydrogens (tertiary/aromatic N) is 1. The van der Waals surface area contributed by atoms with Crippen LogP contribution in [0.5, 0.6) is 0 Å². The SMILES string of the molecule is CCOC(=O)c1ccc(NC(=O)c2cccc(S(=O)(=O)N(C)OC)c2)cc1. The molecule has 2 rings (SSSR count). The maximum Gasteiger partial charge on any atom is 0.338 e. The molecule has 0 spiro atoms. The molecular weight excluding hydrogens is 372 g/mol. The van der Waals surface area contributed by atoms with Gasteiger partial charge in [-0.2, -0.15) is 0 Å². The first-order valence-corrected chi connectivity index (χ1v) is 9.45. The smallest absolute Gasteiger partial charge is 0.338 e. The molecule has 1 amide bonds. The highest BCUT2D eigenvalue weighted by atomic mass is 32.2. The quantitative estimate of drug-likeness (QED) is 0.573. The zero-order valence-electron chi connectivity index (χ0n) is 15.1. The maximum absolute atomic E-state index is 12.4. The summed E-state index contributed by atoms with van der Waals surface area (Å²) in [6, 6.07) is 11.8. The Hall–Kier alpha value is -2.75. The van der Waals surface area contributed by atoms with E-state index in [2.05, 4.69) is 5.32 Å². The van der Waals surface area contributed by atoms with E-state index >= 15 is 0 Å². The van der Waals surface area contributed by atoms with Gasteiger partial charge in [0.05, 0.1) is 24.2 Å². The van der Waals surface area contributed by atoms with E-state index in [-0.39, 0.29) is 17.1 Å². The van der Waals surface area contributed by atoms with E-state index in [1.165, 1.54) is 50.6 Å². The Labute approximate surface area is 157 Å². The highest BCUT2D eigenvalue weighted by Crippen LogP contribution is 2.18. The van der Waals surface area contributed by atoms with Gasteiger partial charge in [0.15, 0.2) is 0 Å². The summed E-state index contributed by atoms with van der Waals surface area (Å²) >= 11 is 0. The summed E-state index contributed by atoms with van der Waals surface area (Å²) in [4.78, 5) is 28.7. The molecule has 0 fully saturated rings. The Bertz CT molecular complexity index is 925. The second-order valence-electron chi connectivity index (χ2n) is 5.38. The molecule has 1 N–H and O–H groups in total. The normalized spacial score (nSPS) is 11.3. The predicted molar refractivity (Wildman–Crippen MR) is 98.8 cm³/mol. The van der Waals surface area contributed by atoms with Crippen LogP contribution in [0, 0.1) is 0 Å². The zero-order chi connectivity index (χ0) is 20.0. The maximum atomic E-state index is 12.4. The largest absolute Gasteiger partial charge is 0.462 e. The van der Waals surface area contributed by atoms with E-state index < -0.39 is 21.9 Å². The van der Waals surface area contributed by atoms with Crippen molar-refractivity contribution >= 4 is 27.6 Å². The molecular formula is C18H20N2O6S. The van der Waals surface area contributed by atoms with Crippen LogP contribution in [0.25, 0.3) is 0 Å². The highest BCUT2D eigenvalue weighted by Gasteiger charge is 2.22. The minimum absolute atomic E-state index is 0.0721. The van der Waals surface area contributed by atoms with Crippen LogP contribution in [-0.4, -0.2) is 45.5 Å². The number of carbonyl (C=O) groups is 2. The van der Waals surface area contributed by atoms with Gasteiger partial charge in [-0.25, -0.2) is 13.2 Å². The number of ether oxygens (including phenoxy) is 1. The van der Waals surface area contributed by atoms with Crippen molar-refractivity contribution in [3.05, 3.63) is 59.7 Å². The van der Waals surface area contributed by atoms with Gasteiger partial charge in [-0.15, -0.1) is 0 Å². The van der Waals surface area contributed by atoms with E-state index in [1.54, 1.807) is 19.1 Å². The van der Waals surface area contributed by atoms with E-state index in [1.807, 2.05) is 0 Å². The molecule has 2 aromatic rings. The van der Waals surface area contributed by atoms with Crippen LogP contribution < -0.4 is 5.32 Å². The number of esters is 1. The zero-order valence-corrected chi connectivity index (χ0v) is 15.9. The molecule has 9 heteroatoms. The van der Waals surface area contributed by atoms with Gasteiger partial charge in [0.1, 0.15) is 0 Å². The van der Waals surface area contributed by atoms with Crippen molar-refractivity contribution in [1.82, 2.24) is 4.47 Å². The Morgan fingerprint density at radius 1 is 1.07 bits per heavy atom. The molecule has 0 aliphatic heterocycles. The van der Waals surface area contributed by atoms with Crippen molar-refractivity contribution in [1.29, 1.82) is 0 Å². The number of anilines is 1. The summed E-state index contributed by atoms with van der Waals surface area (Å²) < 4.78 is 30.2. The fourth-order valence-electron chi connectivity index (χ4n) is 2.15. The van der Waals surface area contributed by atoms with E-state index in [4.69, 9.17) is 9.57 Å². The van der Waals surface area contributed by atoms with Crippen molar-refractivity contribution < 1.29 is 27.6 Å². The lowest BCUT2D eigenvalue weighted by atomic mass is 10.2. The second kappa shape index (κ2) is 8.76. The van der Waals surface area contributed by atoms with Gasteiger partial charge >= 0.3 is 5.97 Å². The number of hydroxylamine groups is 1. The molecule has 144 valence electrons. The van der Waals surface area contributed by atoms with Gasteiger partial charge in [0.25, 0.3) is 15.9 Å². The second-order valence-corrected chi connectivity index (χ2v) is 7.31. The number of hydrogen-bond acceptors (Lipinski definition) is 6. The van der Waals surface area contributed by atoms with Crippen LogP contribution in [0.4, 0.5) is 5.69 Å². The molecule has 0 aromatic heterocycles. The van der Waals surface area contributed by atoms with Gasteiger partial charge < -0.3 is 10.1 Å². The third-order valence-electron chi connectivity index (χ3n) is 3.64. The van der Waals surface area contributed by atoms with Gasteiger partial charge in [0.2, 0.25) is 0 Å². The number of amides is 1. The minimum atomic E-state index is -3.86. The monoisotopic (exact) mass is 392 g/mol. The Balaban J connectivity index is 2.17. The van der Waals surface area contributed by atoms with Crippen LogP contribution >= 0.6 is 0 Å². The van der Waals surface area contributed by atoms with E-state index in [0.717, 1.165) is 0 Å². The number of rotatable bonds is 7. The predicted octanol–water partition coefficient (Wildman–Crippen LogP) is 2.30. The Kier molecular flexibility index (Phi) is 6.67. The first-order valence-electron chi connectivity index (χ1n) is 8.01. The third-order valence-corrected chi connectivity index (χ3v) is 5.32. The summed E-state index contributed by atoms with van der Waals surface area (Å²) in [6.45, 7) is 1.99. The van der Waals surface area contributed by atoms with Crippen LogP contribution in [0.2, 0.25) is 0 Å². The average Bonchev–Trinajstić information content (AvgIpc) is 2.68. The van der Waals surface area contributed by atoms with Crippen molar-refractivity contribution in [3.63, 3.8) is 0 Å². The topological polar surface area (TPSA) is 102 Å². The number of sulfonamides is 1. The van der Waals surface area contributed by atoms with Crippen LogP contribution in [0.15, 0.2) is 53.4 Å².